The first-order valence-corrected chi connectivity index (χ1v) is 9.49. The minimum atomic E-state index is -0.484. The molecule has 5 heteroatoms. The van der Waals surface area contributed by atoms with Crippen LogP contribution in [-0.4, -0.2) is 43.6 Å². The fourth-order valence-corrected chi connectivity index (χ4v) is 4.59. The van der Waals surface area contributed by atoms with Gasteiger partial charge in [0.15, 0.2) is 0 Å². The van der Waals surface area contributed by atoms with Crippen LogP contribution in [0.4, 0.5) is 4.79 Å². The fourth-order valence-electron chi connectivity index (χ4n) is 4.59. The molecule has 1 aromatic rings. The smallest absolute Gasteiger partial charge is 0.406 e. The summed E-state index contributed by atoms with van der Waals surface area (Å²) in [5.74, 6) is 1.06. The van der Waals surface area contributed by atoms with Crippen molar-refractivity contribution in [1.82, 2.24) is 10.2 Å². The number of hydrogen-bond acceptors (Lipinski definition) is 3. The molecule has 2 amide bonds. The molecule has 1 aromatic carbocycles. The molecular weight excluding hydrogens is 328 g/mol. The van der Waals surface area contributed by atoms with Gasteiger partial charge < -0.3 is 15.0 Å². The number of benzene rings is 1. The second kappa shape index (κ2) is 6.93. The Morgan fingerprint density at radius 1 is 1.35 bits per heavy atom. The van der Waals surface area contributed by atoms with Crippen LogP contribution < -0.4 is 5.32 Å². The highest BCUT2D eigenvalue weighted by atomic mass is 16.5. The van der Waals surface area contributed by atoms with Crippen molar-refractivity contribution in [2.24, 2.45) is 17.3 Å². The van der Waals surface area contributed by atoms with E-state index >= 15 is 0 Å². The van der Waals surface area contributed by atoms with E-state index in [1.165, 1.54) is 23.8 Å². The van der Waals surface area contributed by atoms with Crippen molar-refractivity contribution < 1.29 is 14.3 Å². The van der Waals surface area contributed by atoms with Crippen molar-refractivity contribution >= 4 is 12.0 Å². The van der Waals surface area contributed by atoms with Gasteiger partial charge in [0.1, 0.15) is 0 Å². The minimum Gasteiger partial charge on any atom is -0.453 e. The fraction of sp³-hybridized carbons (Fsp3) is 0.619. The lowest BCUT2D eigenvalue weighted by Crippen LogP contribution is -2.42. The Labute approximate surface area is 156 Å². The number of hydrogen-bond donors (Lipinski definition) is 1. The van der Waals surface area contributed by atoms with Crippen LogP contribution in [0.5, 0.6) is 0 Å². The highest BCUT2D eigenvalue weighted by Gasteiger charge is 2.66. The van der Waals surface area contributed by atoms with Crippen LogP contribution in [0.25, 0.3) is 0 Å². The molecule has 2 fully saturated rings. The molecule has 1 heterocycles. The van der Waals surface area contributed by atoms with Gasteiger partial charge in [-0.05, 0) is 54.2 Å². The minimum absolute atomic E-state index is 0.149. The number of nitrogens with one attached hydrogen (secondary N) is 1. The molecule has 1 aliphatic carbocycles. The SMILES string of the molecule is CCC(CNC(=O)OC)C(=O)N1CC2C(c3ccc(C)c(C)c3)C2(C)C1. The summed E-state index contributed by atoms with van der Waals surface area (Å²) in [4.78, 5) is 26.1. The number of piperidine rings is 1. The summed E-state index contributed by atoms with van der Waals surface area (Å²) in [6.45, 7) is 10.6. The molecule has 4 unspecified atom stereocenters. The molecule has 1 saturated heterocycles. The summed E-state index contributed by atoms with van der Waals surface area (Å²) in [7, 11) is 1.33. The van der Waals surface area contributed by atoms with Gasteiger partial charge in [-0.15, -0.1) is 0 Å². The second-order valence-corrected chi connectivity index (χ2v) is 8.13. The van der Waals surface area contributed by atoms with Gasteiger partial charge in [-0.2, -0.15) is 0 Å². The highest BCUT2D eigenvalue weighted by molar-refractivity contribution is 5.80. The summed E-state index contributed by atoms with van der Waals surface area (Å²) in [5.41, 5.74) is 4.26. The van der Waals surface area contributed by atoms with Crippen molar-refractivity contribution in [1.29, 1.82) is 0 Å². The largest absolute Gasteiger partial charge is 0.453 e. The molecule has 2 aliphatic rings. The first-order valence-electron chi connectivity index (χ1n) is 9.49. The number of fused-ring (bicyclic) bond motifs is 1. The number of alkyl carbamates (subject to hydrolysis) is 1. The number of nitrogens with zero attached hydrogens (tertiary/aromatic N) is 1. The lowest BCUT2D eigenvalue weighted by molar-refractivity contribution is -0.135. The van der Waals surface area contributed by atoms with E-state index in [1.54, 1.807) is 0 Å². The Kier molecular flexibility index (Phi) is 5.00. The van der Waals surface area contributed by atoms with Crippen LogP contribution in [0, 0.1) is 31.1 Å². The van der Waals surface area contributed by atoms with Crippen molar-refractivity contribution in [3.05, 3.63) is 34.9 Å². The number of amides is 2. The Hall–Kier alpha value is -2.04. The molecule has 0 spiro atoms. The quantitative estimate of drug-likeness (QED) is 0.879. The zero-order valence-corrected chi connectivity index (χ0v) is 16.5. The average Bonchev–Trinajstić information content (AvgIpc) is 3.02. The Morgan fingerprint density at radius 2 is 2.08 bits per heavy atom. The van der Waals surface area contributed by atoms with Gasteiger partial charge in [0, 0.05) is 19.6 Å². The lowest BCUT2D eigenvalue weighted by atomic mass is 9.97. The van der Waals surface area contributed by atoms with E-state index < -0.39 is 6.09 Å². The zero-order chi connectivity index (χ0) is 19.1. The van der Waals surface area contributed by atoms with Crippen molar-refractivity contribution in [3.8, 4) is 0 Å². The third kappa shape index (κ3) is 3.19. The van der Waals surface area contributed by atoms with Gasteiger partial charge in [-0.3, -0.25) is 4.79 Å². The van der Waals surface area contributed by atoms with Crippen LogP contribution >= 0.6 is 0 Å². The molecule has 5 nitrogen and oxygen atoms in total. The predicted octanol–water partition coefficient (Wildman–Crippen LogP) is 3.25. The van der Waals surface area contributed by atoms with E-state index in [2.05, 4.69) is 49.0 Å². The summed E-state index contributed by atoms with van der Waals surface area (Å²) in [5, 5.41) is 2.66. The number of aryl methyl sites for hydroxylation is 2. The van der Waals surface area contributed by atoms with E-state index in [1.807, 2.05) is 11.8 Å². The third-order valence-corrected chi connectivity index (χ3v) is 6.52. The van der Waals surface area contributed by atoms with Crippen LogP contribution in [0.1, 0.15) is 42.9 Å². The number of carbonyl (C=O) groups is 2. The molecule has 1 N–H and O–H groups in total. The Balaban J connectivity index is 1.62. The first-order chi connectivity index (χ1) is 12.3. The van der Waals surface area contributed by atoms with Crippen molar-refractivity contribution in [2.45, 2.75) is 40.0 Å². The van der Waals surface area contributed by atoms with Crippen molar-refractivity contribution in [3.63, 3.8) is 0 Å². The Morgan fingerprint density at radius 3 is 2.62 bits per heavy atom. The highest BCUT2D eigenvalue weighted by Crippen LogP contribution is 2.68. The maximum Gasteiger partial charge on any atom is 0.406 e. The lowest BCUT2D eigenvalue weighted by Gasteiger charge is -2.26. The van der Waals surface area contributed by atoms with E-state index in [4.69, 9.17) is 0 Å². The summed E-state index contributed by atoms with van der Waals surface area (Å²) >= 11 is 0. The number of ether oxygens (including phenoxy) is 1. The molecule has 4 atom stereocenters. The number of carbonyl (C=O) groups excluding carboxylic acids is 2. The van der Waals surface area contributed by atoms with Crippen LogP contribution in [0.15, 0.2) is 18.2 Å². The molecule has 0 aromatic heterocycles. The van der Waals surface area contributed by atoms with Gasteiger partial charge in [-0.25, -0.2) is 4.79 Å². The van der Waals surface area contributed by atoms with Gasteiger partial charge in [-0.1, -0.05) is 32.0 Å². The van der Waals surface area contributed by atoms with E-state index in [0.717, 1.165) is 13.1 Å². The van der Waals surface area contributed by atoms with Crippen LogP contribution in [0.3, 0.4) is 0 Å². The summed E-state index contributed by atoms with van der Waals surface area (Å²) in [6.07, 6.45) is 0.226. The monoisotopic (exact) mass is 358 g/mol. The predicted molar refractivity (Wildman–Crippen MR) is 101 cm³/mol. The topological polar surface area (TPSA) is 58.6 Å². The molecule has 3 rings (SSSR count). The maximum atomic E-state index is 12.9. The third-order valence-electron chi connectivity index (χ3n) is 6.52. The van der Waals surface area contributed by atoms with E-state index in [9.17, 15) is 9.59 Å². The second-order valence-electron chi connectivity index (χ2n) is 8.13. The molecule has 1 saturated carbocycles. The maximum absolute atomic E-state index is 12.9. The number of rotatable bonds is 5. The van der Waals surface area contributed by atoms with E-state index in [-0.39, 0.29) is 17.2 Å². The summed E-state index contributed by atoms with van der Waals surface area (Å²) < 4.78 is 4.60. The zero-order valence-electron chi connectivity index (χ0n) is 16.5. The number of methoxy groups -OCH3 is 1. The van der Waals surface area contributed by atoms with Gasteiger partial charge in [0.2, 0.25) is 5.91 Å². The van der Waals surface area contributed by atoms with Crippen molar-refractivity contribution in [2.75, 3.05) is 26.7 Å². The molecule has 0 bridgehead atoms. The standard InChI is InChI=1S/C21H30N2O3/c1-6-15(10-22-20(25)26-5)19(24)23-11-17-18(21(17,4)12-23)16-8-7-13(2)14(3)9-16/h7-9,15,17-18H,6,10-12H2,1-5H3,(H,22,25). The molecule has 1 aliphatic heterocycles. The molecule has 142 valence electrons. The normalized spacial score (nSPS) is 27.7. The van der Waals surface area contributed by atoms with Gasteiger partial charge in [0.25, 0.3) is 0 Å². The molecule has 26 heavy (non-hydrogen) atoms. The van der Waals surface area contributed by atoms with E-state index in [0.29, 0.717) is 24.8 Å². The molecule has 0 radical (unpaired) electrons. The molecular formula is C21H30N2O3. The first kappa shape index (κ1) is 18.7. The van der Waals surface area contributed by atoms with Gasteiger partial charge >= 0.3 is 6.09 Å². The van der Waals surface area contributed by atoms with Crippen LogP contribution in [-0.2, 0) is 9.53 Å². The van der Waals surface area contributed by atoms with Crippen LogP contribution in [0.2, 0.25) is 0 Å². The Bertz CT molecular complexity index is 717. The van der Waals surface area contributed by atoms with Gasteiger partial charge in [0.05, 0.1) is 13.0 Å². The summed E-state index contributed by atoms with van der Waals surface area (Å²) in [6, 6.07) is 6.76. The number of likely N-dealkylation sites (tertiary alicyclic amines) is 1. The average molecular weight is 358 g/mol.